The lowest BCUT2D eigenvalue weighted by Gasteiger charge is -2.19. The molecule has 0 amide bonds. The molecule has 27 heavy (non-hydrogen) atoms. The molecule has 2 rings (SSSR count). The van der Waals surface area contributed by atoms with Crippen LogP contribution in [-0.4, -0.2) is 45.5 Å². The van der Waals surface area contributed by atoms with Gasteiger partial charge in [0.05, 0.1) is 11.5 Å². The Morgan fingerprint density at radius 3 is 2.37 bits per heavy atom. The zero-order chi connectivity index (χ0) is 19.2. The minimum atomic E-state index is -2.83. The van der Waals surface area contributed by atoms with Crippen molar-refractivity contribution in [2.75, 3.05) is 31.1 Å². The van der Waals surface area contributed by atoms with E-state index in [1.165, 1.54) is 11.1 Å². The molecule has 5 nitrogen and oxygen atoms in total. The summed E-state index contributed by atoms with van der Waals surface area (Å²) in [5.74, 6) is 1.50. The van der Waals surface area contributed by atoms with Crippen molar-refractivity contribution in [3.05, 3.63) is 35.4 Å². The van der Waals surface area contributed by atoms with Crippen LogP contribution in [0.2, 0.25) is 0 Å². The molecule has 0 aliphatic carbocycles. The summed E-state index contributed by atoms with van der Waals surface area (Å²) in [5.41, 5.74) is 2.81. The average Bonchev–Trinajstić information content (AvgIpc) is 2.91. The van der Waals surface area contributed by atoms with Crippen LogP contribution in [0.25, 0.3) is 0 Å². The van der Waals surface area contributed by atoms with Crippen molar-refractivity contribution in [2.24, 2.45) is 10.9 Å². The van der Waals surface area contributed by atoms with Gasteiger partial charge in [0.1, 0.15) is 0 Å². The predicted molar refractivity (Wildman–Crippen MR) is 125 cm³/mol. The Balaban J connectivity index is 0.00000364. The SMILES string of the molecule is CCNC(=NCC1CCS(=O)(=O)C1)NCCc1ccc(C(C)(C)C)cc1.I. The molecular weight excluding hydrogens is 473 g/mol. The lowest BCUT2D eigenvalue weighted by Crippen LogP contribution is -2.38. The van der Waals surface area contributed by atoms with Gasteiger partial charge in [-0.05, 0) is 42.2 Å². The van der Waals surface area contributed by atoms with E-state index in [2.05, 4.69) is 60.7 Å². The lowest BCUT2D eigenvalue weighted by atomic mass is 9.86. The number of hydrogen-bond acceptors (Lipinski definition) is 3. The average molecular weight is 507 g/mol. The Bertz CT molecular complexity index is 710. The first kappa shape index (κ1) is 24.2. The summed E-state index contributed by atoms with van der Waals surface area (Å²) in [5, 5.41) is 6.58. The standard InChI is InChI=1S/C20H33N3O2S.HI/c1-5-21-19(23-14-17-11-13-26(24,25)15-17)22-12-10-16-6-8-18(9-7-16)20(2,3)4;/h6-9,17H,5,10-15H2,1-4H3,(H2,21,22,23);1H. The summed E-state index contributed by atoms with van der Waals surface area (Å²) >= 11 is 0. The van der Waals surface area contributed by atoms with E-state index < -0.39 is 9.84 Å². The third kappa shape index (κ3) is 8.37. The number of halogens is 1. The highest BCUT2D eigenvalue weighted by molar-refractivity contribution is 14.0. The zero-order valence-corrected chi connectivity index (χ0v) is 20.1. The van der Waals surface area contributed by atoms with Gasteiger partial charge in [-0.15, -0.1) is 24.0 Å². The summed E-state index contributed by atoms with van der Waals surface area (Å²) in [4.78, 5) is 4.57. The van der Waals surface area contributed by atoms with Crippen molar-refractivity contribution in [1.29, 1.82) is 0 Å². The molecule has 1 heterocycles. The van der Waals surface area contributed by atoms with Gasteiger partial charge >= 0.3 is 0 Å². The largest absolute Gasteiger partial charge is 0.357 e. The number of nitrogens with one attached hydrogen (secondary N) is 2. The molecule has 0 saturated carbocycles. The van der Waals surface area contributed by atoms with Gasteiger partial charge in [-0.3, -0.25) is 4.99 Å². The first-order valence-electron chi connectivity index (χ1n) is 9.51. The fourth-order valence-corrected chi connectivity index (χ4v) is 4.92. The van der Waals surface area contributed by atoms with Gasteiger partial charge in [-0.1, -0.05) is 45.0 Å². The van der Waals surface area contributed by atoms with Crippen LogP contribution in [0, 0.1) is 5.92 Å². The van der Waals surface area contributed by atoms with Gasteiger partial charge in [-0.2, -0.15) is 0 Å². The summed E-state index contributed by atoms with van der Waals surface area (Å²) in [6.07, 6.45) is 1.65. The van der Waals surface area contributed by atoms with Crippen LogP contribution in [0.15, 0.2) is 29.3 Å². The molecule has 0 spiro atoms. The van der Waals surface area contributed by atoms with E-state index in [0.717, 1.165) is 31.9 Å². The Labute approximate surface area is 181 Å². The normalized spacial score (nSPS) is 19.4. The first-order valence-corrected chi connectivity index (χ1v) is 11.3. The summed E-state index contributed by atoms with van der Waals surface area (Å²) in [6, 6.07) is 8.79. The zero-order valence-electron chi connectivity index (χ0n) is 16.9. The van der Waals surface area contributed by atoms with Crippen LogP contribution in [0.4, 0.5) is 0 Å². The number of benzene rings is 1. The first-order chi connectivity index (χ1) is 12.2. The molecule has 1 aromatic rings. The van der Waals surface area contributed by atoms with E-state index in [-0.39, 0.29) is 41.1 Å². The van der Waals surface area contributed by atoms with Gasteiger partial charge < -0.3 is 10.6 Å². The molecule has 0 radical (unpaired) electrons. The van der Waals surface area contributed by atoms with E-state index >= 15 is 0 Å². The molecule has 0 bridgehead atoms. The van der Waals surface area contributed by atoms with E-state index in [1.54, 1.807) is 0 Å². The van der Waals surface area contributed by atoms with Crippen molar-refractivity contribution < 1.29 is 8.42 Å². The minimum absolute atomic E-state index is 0. The second-order valence-electron chi connectivity index (χ2n) is 8.11. The number of rotatable bonds is 6. The number of nitrogens with zero attached hydrogens (tertiary/aromatic N) is 1. The van der Waals surface area contributed by atoms with Crippen LogP contribution < -0.4 is 10.6 Å². The number of hydrogen-bond donors (Lipinski definition) is 2. The van der Waals surface area contributed by atoms with Gasteiger partial charge in [0, 0.05) is 19.6 Å². The highest BCUT2D eigenvalue weighted by Crippen LogP contribution is 2.22. The van der Waals surface area contributed by atoms with E-state index in [9.17, 15) is 8.42 Å². The number of aliphatic imine (C=N–C) groups is 1. The monoisotopic (exact) mass is 507 g/mol. The minimum Gasteiger partial charge on any atom is -0.357 e. The van der Waals surface area contributed by atoms with Gasteiger partial charge in [-0.25, -0.2) is 8.42 Å². The van der Waals surface area contributed by atoms with Gasteiger partial charge in [0.25, 0.3) is 0 Å². The smallest absolute Gasteiger partial charge is 0.191 e. The molecule has 1 fully saturated rings. The van der Waals surface area contributed by atoms with Crippen molar-refractivity contribution in [3.8, 4) is 0 Å². The molecule has 1 aliphatic heterocycles. The van der Waals surface area contributed by atoms with Gasteiger partial charge in [0.15, 0.2) is 15.8 Å². The van der Waals surface area contributed by atoms with Crippen molar-refractivity contribution in [2.45, 2.75) is 46.0 Å². The fourth-order valence-electron chi connectivity index (χ4n) is 3.07. The second kappa shape index (κ2) is 10.6. The predicted octanol–water partition coefficient (Wildman–Crippen LogP) is 3.13. The van der Waals surface area contributed by atoms with Crippen molar-refractivity contribution in [1.82, 2.24) is 10.6 Å². The molecular formula is C20H34IN3O2S. The van der Waals surface area contributed by atoms with E-state index in [0.29, 0.717) is 12.3 Å². The molecule has 1 unspecified atom stereocenters. The number of sulfone groups is 1. The van der Waals surface area contributed by atoms with Crippen LogP contribution in [0.1, 0.15) is 45.2 Å². The molecule has 1 aliphatic rings. The molecule has 154 valence electrons. The highest BCUT2D eigenvalue weighted by Gasteiger charge is 2.27. The lowest BCUT2D eigenvalue weighted by molar-refractivity contribution is 0.588. The van der Waals surface area contributed by atoms with Gasteiger partial charge in [0.2, 0.25) is 0 Å². The Kier molecular flexibility index (Phi) is 9.54. The topological polar surface area (TPSA) is 70.6 Å². The summed E-state index contributed by atoms with van der Waals surface area (Å²) < 4.78 is 23.1. The van der Waals surface area contributed by atoms with Crippen LogP contribution in [-0.2, 0) is 21.7 Å². The second-order valence-corrected chi connectivity index (χ2v) is 10.3. The molecule has 1 atom stereocenters. The van der Waals surface area contributed by atoms with Crippen molar-refractivity contribution >= 4 is 39.8 Å². The Hall–Kier alpha value is -0.830. The van der Waals surface area contributed by atoms with Crippen molar-refractivity contribution in [3.63, 3.8) is 0 Å². The quantitative estimate of drug-likeness (QED) is 0.353. The fraction of sp³-hybridized carbons (Fsp3) is 0.650. The van der Waals surface area contributed by atoms with E-state index in [1.807, 2.05) is 6.92 Å². The maximum atomic E-state index is 11.5. The van der Waals surface area contributed by atoms with Crippen LogP contribution >= 0.6 is 24.0 Å². The molecule has 0 aromatic heterocycles. The number of guanidine groups is 1. The Morgan fingerprint density at radius 1 is 1.19 bits per heavy atom. The van der Waals surface area contributed by atoms with Crippen LogP contribution in [0.5, 0.6) is 0 Å². The third-order valence-electron chi connectivity index (χ3n) is 4.70. The molecule has 1 aromatic carbocycles. The maximum Gasteiger partial charge on any atom is 0.191 e. The maximum absolute atomic E-state index is 11.5. The van der Waals surface area contributed by atoms with E-state index in [4.69, 9.17) is 0 Å². The molecule has 7 heteroatoms. The summed E-state index contributed by atoms with van der Waals surface area (Å²) in [7, 11) is -2.83. The molecule has 2 N–H and O–H groups in total. The highest BCUT2D eigenvalue weighted by atomic mass is 127. The third-order valence-corrected chi connectivity index (χ3v) is 6.54. The summed E-state index contributed by atoms with van der Waals surface area (Å²) in [6.45, 7) is 10.8. The van der Waals surface area contributed by atoms with Crippen LogP contribution in [0.3, 0.4) is 0 Å². The molecule has 1 saturated heterocycles. The Morgan fingerprint density at radius 2 is 1.85 bits per heavy atom.